The van der Waals surface area contributed by atoms with Gasteiger partial charge in [-0.2, -0.15) is 0 Å². The van der Waals surface area contributed by atoms with Crippen LogP contribution in [0.2, 0.25) is 0 Å². The molecule has 0 aromatic heterocycles. The zero-order valence-corrected chi connectivity index (χ0v) is 24.7. The molecule has 40 heavy (non-hydrogen) atoms. The Balaban J connectivity index is 2.79. The van der Waals surface area contributed by atoms with Gasteiger partial charge in [-0.3, -0.25) is 19.2 Å². The van der Waals surface area contributed by atoms with Crippen molar-refractivity contribution in [3.05, 3.63) is 36.5 Å². The Hall–Kier alpha value is -2.98. The highest BCUT2D eigenvalue weighted by Gasteiger charge is 2.31. The normalized spacial score (nSPS) is 23.3. The van der Waals surface area contributed by atoms with E-state index in [1.807, 2.05) is 19.9 Å². The molecule has 226 valence electrons. The van der Waals surface area contributed by atoms with Crippen molar-refractivity contribution in [2.75, 3.05) is 6.54 Å². The zero-order chi connectivity index (χ0) is 30.1. The molecule has 1 aliphatic rings. The SMILES string of the molecule is CC(C)CCCCC/C=C/C=C/C(=O)NC(C(=O)NC1CC(O)CCNC(=O)/C=C/[C@H](C(C)C)NC1=O)[C@@H](C)O. The third-order valence-electron chi connectivity index (χ3n) is 6.61. The van der Waals surface area contributed by atoms with Gasteiger partial charge in [0.1, 0.15) is 12.1 Å². The van der Waals surface area contributed by atoms with E-state index in [2.05, 4.69) is 35.1 Å². The van der Waals surface area contributed by atoms with Gasteiger partial charge in [0.2, 0.25) is 23.6 Å². The highest BCUT2D eigenvalue weighted by atomic mass is 16.3. The molecule has 0 saturated carbocycles. The maximum atomic E-state index is 13.1. The molecule has 10 nitrogen and oxygen atoms in total. The van der Waals surface area contributed by atoms with Gasteiger partial charge in [0.15, 0.2) is 0 Å². The van der Waals surface area contributed by atoms with Gasteiger partial charge in [-0.05, 0) is 38.0 Å². The van der Waals surface area contributed by atoms with Crippen molar-refractivity contribution in [1.29, 1.82) is 0 Å². The van der Waals surface area contributed by atoms with E-state index < -0.39 is 48.1 Å². The first-order valence-electron chi connectivity index (χ1n) is 14.5. The number of amides is 4. The fourth-order valence-electron chi connectivity index (χ4n) is 4.11. The largest absolute Gasteiger partial charge is 0.393 e. The van der Waals surface area contributed by atoms with Gasteiger partial charge in [0.25, 0.3) is 0 Å². The average Bonchev–Trinajstić information content (AvgIpc) is 2.86. The molecule has 1 rings (SSSR count). The van der Waals surface area contributed by atoms with Gasteiger partial charge in [0, 0.05) is 31.2 Å². The van der Waals surface area contributed by atoms with Crippen LogP contribution in [-0.2, 0) is 19.2 Å². The molecule has 0 saturated heterocycles. The number of nitrogens with one attached hydrogen (secondary N) is 4. The molecule has 10 heteroatoms. The minimum Gasteiger partial charge on any atom is -0.393 e. The van der Waals surface area contributed by atoms with E-state index in [-0.39, 0.29) is 31.2 Å². The van der Waals surface area contributed by atoms with Gasteiger partial charge in [0.05, 0.1) is 12.2 Å². The molecule has 1 aliphatic heterocycles. The molecule has 0 aromatic rings. The summed E-state index contributed by atoms with van der Waals surface area (Å²) in [6.07, 6.45) is 13.0. The summed E-state index contributed by atoms with van der Waals surface area (Å²) in [5.74, 6) is -1.51. The van der Waals surface area contributed by atoms with Crippen LogP contribution in [0.4, 0.5) is 0 Å². The van der Waals surface area contributed by atoms with E-state index in [0.29, 0.717) is 5.92 Å². The number of rotatable bonds is 13. The van der Waals surface area contributed by atoms with Crippen molar-refractivity contribution in [3.63, 3.8) is 0 Å². The lowest BCUT2D eigenvalue weighted by Crippen LogP contribution is -2.58. The van der Waals surface area contributed by atoms with Crippen LogP contribution < -0.4 is 21.3 Å². The topological polar surface area (TPSA) is 157 Å². The van der Waals surface area contributed by atoms with Crippen molar-refractivity contribution < 1.29 is 29.4 Å². The quantitative estimate of drug-likeness (QED) is 0.115. The van der Waals surface area contributed by atoms with Crippen LogP contribution in [0.5, 0.6) is 0 Å². The molecule has 0 aromatic carbocycles. The van der Waals surface area contributed by atoms with Crippen molar-refractivity contribution in [3.8, 4) is 0 Å². The first-order chi connectivity index (χ1) is 18.9. The van der Waals surface area contributed by atoms with Gasteiger partial charge in [-0.1, -0.05) is 71.3 Å². The molecule has 0 spiro atoms. The van der Waals surface area contributed by atoms with E-state index in [0.717, 1.165) is 12.8 Å². The van der Waals surface area contributed by atoms with Gasteiger partial charge < -0.3 is 31.5 Å². The molecule has 0 fully saturated rings. The predicted octanol–water partition coefficient (Wildman–Crippen LogP) is 2.02. The summed E-state index contributed by atoms with van der Waals surface area (Å²) >= 11 is 0. The smallest absolute Gasteiger partial charge is 0.245 e. The first kappa shape index (κ1) is 35.0. The van der Waals surface area contributed by atoms with Crippen molar-refractivity contribution in [2.45, 2.75) is 110 Å². The summed E-state index contributed by atoms with van der Waals surface area (Å²) in [6.45, 7) is 9.74. The van der Waals surface area contributed by atoms with E-state index in [9.17, 15) is 29.4 Å². The van der Waals surface area contributed by atoms with Crippen molar-refractivity contribution in [2.24, 2.45) is 11.8 Å². The molecule has 1 heterocycles. The highest BCUT2D eigenvalue weighted by molar-refractivity contribution is 5.95. The second-order valence-electron chi connectivity index (χ2n) is 11.2. The third-order valence-corrected chi connectivity index (χ3v) is 6.61. The Kier molecular flexibility index (Phi) is 16.8. The maximum absolute atomic E-state index is 13.1. The molecule has 0 radical (unpaired) electrons. The second-order valence-corrected chi connectivity index (χ2v) is 11.2. The Morgan fingerprint density at radius 2 is 1.82 bits per heavy atom. The second kappa shape index (κ2) is 19.2. The van der Waals surface area contributed by atoms with E-state index >= 15 is 0 Å². The molecular weight excluding hydrogens is 512 g/mol. The van der Waals surface area contributed by atoms with Crippen molar-refractivity contribution in [1.82, 2.24) is 21.3 Å². The number of aliphatic hydroxyl groups excluding tert-OH is 2. The summed E-state index contributed by atoms with van der Waals surface area (Å²) in [7, 11) is 0. The Morgan fingerprint density at radius 3 is 2.48 bits per heavy atom. The monoisotopic (exact) mass is 562 g/mol. The number of hydrogen-bond acceptors (Lipinski definition) is 6. The fourth-order valence-corrected chi connectivity index (χ4v) is 4.11. The summed E-state index contributed by atoms with van der Waals surface area (Å²) in [6, 6.07) is -2.92. The van der Waals surface area contributed by atoms with Crippen LogP contribution in [0, 0.1) is 11.8 Å². The fraction of sp³-hybridized carbons (Fsp3) is 0.667. The van der Waals surface area contributed by atoms with Crippen LogP contribution in [0.15, 0.2) is 36.5 Å². The maximum Gasteiger partial charge on any atom is 0.245 e. The van der Waals surface area contributed by atoms with E-state index in [4.69, 9.17) is 0 Å². The Labute approximate surface area is 239 Å². The van der Waals surface area contributed by atoms with Crippen LogP contribution in [0.3, 0.4) is 0 Å². The zero-order valence-electron chi connectivity index (χ0n) is 24.7. The summed E-state index contributed by atoms with van der Waals surface area (Å²) in [5.41, 5.74) is 0. The Morgan fingerprint density at radius 1 is 1.10 bits per heavy atom. The highest BCUT2D eigenvalue weighted by Crippen LogP contribution is 2.10. The van der Waals surface area contributed by atoms with E-state index in [1.54, 1.807) is 18.2 Å². The lowest BCUT2D eigenvalue weighted by Gasteiger charge is -2.28. The van der Waals surface area contributed by atoms with Gasteiger partial charge in [-0.15, -0.1) is 0 Å². The molecular formula is C30H50N4O6. The van der Waals surface area contributed by atoms with Crippen LogP contribution >= 0.6 is 0 Å². The first-order valence-corrected chi connectivity index (χ1v) is 14.5. The molecule has 3 unspecified atom stereocenters. The molecule has 4 amide bonds. The molecule has 6 N–H and O–H groups in total. The number of carbonyl (C=O) groups is 4. The lowest BCUT2D eigenvalue weighted by molar-refractivity contribution is -0.134. The van der Waals surface area contributed by atoms with Crippen LogP contribution in [-0.4, -0.2) is 70.7 Å². The predicted molar refractivity (Wildman–Crippen MR) is 156 cm³/mol. The summed E-state index contributed by atoms with van der Waals surface area (Å²) < 4.78 is 0. The summed E-state index contributed by atoms with van der Waals surface area (Å²) in [4.78, 5) is 50.5. The number of hydrogen-bond donors (Lipinski definition) is 6. The van der Waals surface area contributed by atoms with Gasteiger partial charge >= 0.3 is 0 Å². The van der Waals surface area contributed by atoms with Gasteiger partial charge in [-0.25, -0.2) is 0 Å². The van der Waals surface area contributed by atoms with Crippen LogP contribution in [0.25, 0.3) is 0 Å². The number of allylic oxidation sites excluding steroid dienone is 3. The number of aliphatic hydroxyl groups is 2. The number of unbranched alkanes of at least 4 members (excludes halogenated alkanes) is 3. The average molecular weight is 563 g/mol. The minimum atomic E-state index is -1.31. The molecule has 0 bridgehead atoms. The molecule has 5 atom stereocenters. The Bertz CT molecular complexity index is 897. The minimum absolute atomic E-state index is 0.0487. The van der Waals surface area contributed by atoms with E-state index in [1.165, 1.54) is 38.3 Å². The number of carbonyl (C=O) groups excluding carboxylic acids is 4. The lowest BCUT2D eigenvalue weighted by atomic mass is 10.0. The standard InChI is InChI=1S/C30H50N4O6/c1-20(2)13-11-9-7-6-8-10-12-14-27(38)34-28(22(5)35)30(40)33-25-19-23(36)17-18-31-26(37)16-15-24(21(3)4)32-29(25)39/h8,10,12,14-16,20-25,28,35-36H,6-7,9,11,13,17-19H2,1-5H3,(H,31,37)(H,32,39)(H,33,40)(H,34,38)/b10-8+,14-12+,16-15+/t22-,23?,24-,25?,28?/m1/s1. The third kappa shape index (κ3) is 15.0. The summed E-state index contributed by atoms with van der Waals surface area (Å²) in [5, 5.41) is 31.2. The van der Waals surface area contributed by atoms with Crippen LogP contribution in [0.1, 0.15) is 79.6 Å². The van der Waals surface area contributed by atoms with Crippen molar-refractivity contribution >= 4 is 23.6 Å². The molecule has 0 aliphatic carbocycles.